The van der Waals surface area contributed by atoms with Crippen molar-refractivity contribution in [1.82, 2.24) is 5.32 Å². The Morgan fingerprint density at radius 1 is 1.44 bits per heavy atom. The average molecular weight is 251 g/mol. The third kappa shape index (κ3) is 3.60. The first-order valence-corrected chi connectivity index (χ1v) is 6.69. The molecule has 4 nitrogen and oxygen atoms in total. The molecular formula is C14H21NO3. The molecule has 0 spiro atoms. The van der Waals surface area contributed by atoms with Crippen LogP contribution in [0.2, 0.25) is 0 Å². The van der Waals surface area contributed by atoms with Gasteiger partial charge in [-0.15, -0.1) is 0 Å². The van der Waals surface area contributed by atoms with E-state index in [1.54, 1.807) is 6.07 Å². The molecule has 0 amide bonds. The van der Waals surface area contributed by atoms with E-state index >= 15 is 0 Å². The summed E-state index contributed by atoms with van der Waals surface area (Å²) in [6.07, 6.45) is 7.58. The molecule has 1 saturated carbocycles. The molecule has 1 heterocycles. The van der Waals surface area contributed by atoms with Gasteiger partial charge in [0.25, 0.3) is 0 Å². The van der Waals surface area contributed by atoms with Crippen molar-refractivity contribution in [3.8, 4) is 0 Å². The highest BCUT2D eigenvalue weighted by atomic mass is 16.4. The Kier molecular flexibility index (Phi) is 4.42. The van der Waals surface area contributed by atoms with Crippen molar-refractivity contribution in [3.05, 3.63) is 23.7 Å². The molecule has 1 aliphatic carbocycles. The van der Waals surface area contributed by atoms with Crippen LogP contribution in [0, 0.1) is 5.92 Å². The van der Waals surface area contributed by atoms with E-state index in [0.717, 1.165) is 5.92 Å². The number of hydrogen-bond acceptors (Lipinski definition) is 3. The maximum absolute atomic E-state index is 10.7. The van der Waals surface area contributed by atoms with Crippen LogP contribution in [0.3, 0.4) is 0 Å². The molecule has 2 N–H and O–H groups in total. The van der Waals surface area contributed by atoms with Crippen LogP contribution in [0.5, 0.6) is 0 Å². The molecule has 100 valence electrons. The summed E-state index contributed by atoms with van der Waals surface area (Å²) in [7, 11) is 0. The molecular weight excluding hydrogens is 230 g/mol. The Bertz CT molecular complexity index is 399. The topological polar surface area (TPSA) is 62.5 Å². The lowest BCUT2D eigenvalue weighted by molar-refractivity contribution is 0.0696. The second kappa shape index (κ2) is 6.05. The zero-order chi connectivity index (χ0) is 13.0. The molecule has 0 radical (unpaired) electrons. The smallest absolute Gasteiger partial charge is 0.338 e. The summed E-state index contributed by atoms with van der Waals surface area (Å²) in [6, 6.07) is 2.13. The van der Waals surface area contributed by atoms with Crippen molar-refractivity contribution in [3.63, 3.8) is 0 Å². The Morgan fingerprint density at radius 2 is 2.28 bits per heavy atom. The molecule has 0 bridgehead atoms. The third-order valence-electron chi connectivity index (χ3n) is 3.72. The van der Waals surface area contributed by atoms with Crippen LogP contribution in [0.25, 0.3) is 0 Å². The number of hydrogen-bond donors (Lipinski definition) is 2. The van der Waals surface area contributed by atoms with E-state index in [9.17, 15) is 4.79 Å². The fourth-order valence-electron chi connectivity index (χ4n) is 2.52. The number of aromatic carboxylic acids is 1. The summed E-state index contributed by atoms with van der Waals surface area (Å²) in [5.41, 5.74) is 0.223. The van der Waals surface area contributed by atoms with Crippen molar-refractivity contribution in [2.75, 3.05) is 0 Å². The quantitative estimate of drug-likeness (QED) is 0.807. The summed E-state index contributed by atoms with van der Waals surface area (Å²) >= 11 is 0. The van der Waals surface area contributed by atoms with Gasteiger partial charge in [-0.25, -0.2) is 4.79 Å². The predicted octanol–water partition coefficient (Wildman–Crippen LogP) is 3.04. The van der Waals surface area contributed by atoms with Gasteiger partial charge in [-0.3, -0.25) is 0 Å². The zero-order valence-electron chi connectivity index (χ0n) is 10.8. The van der Waals surface area contributed by atoms with Crippen LogP contribution in [-0.4, -0.2) is 17.1 Å². The SMILES string of the molecule is CC1CCCC(NCc2cc(C(=O)O)co2)CC1. The number of carboxylic acid groups (broad SMARTS) is 1. The van der Waals surface area contributed by atoms with Gasteiger partial charge in [0.05, 0.1) is 12.1 Å². The van der Waals surface area contributed by atoms with E-state index in [-0.39, 0.29) is 5.56 Å². The summed E-state index contributed by atoms with van der Waals surface area (Å²) in [5.74, 6) is 0.594. The first kappa shape index (κ1) is 13.1. The molecule has 0 saturated heterocycles. The summed E-state index contributed by atoms with van der Waals surface area (Å²) < 4.78 is 5.23. The largest absolute Gasteiger partial charge is 0.478 e. The lowest BCUT2D eigenvalue weighted by Crippen LogP contribution is -2.27. The molecule has 1 fully saturated rings. The standard InChI is InChI=1S/C14H21NO3/c1-10-3-2-4-12(6-5-10)15-8-13-7-11(9-18-13)14(16)17/h7,9-10,12,15H,2-6,8H2,1H3,(H,16,17). The summed E-state index contributed by atoms with van der Waals surface area (Å²) in [6.45, 7) is 2.93. The molecule has 1 aromatic rings. The fourth-order valence-corrected chi connectivity index (χ4v) is 2.52. The Morgan fingerprint density at radius 3 is 3.00 bits per heavy atom. The first-order chi connectivity index (χ1) is 8.65. The second-order valence-corrected chi connectivity index (χ2v) is 5.30. The molecule has 0 aromatic carbocycles. The number of carbonyl (C=O) groups is 1. The number of rotatable bonds is 4. The van der Waals surface area contributed by atoms with Crippen LogP contribution < -0.4 is 5.32 Å². The van der Waals surface area contributed by atoms with Crippen molar-refractivity contribution in [2.24, 2.45) is 5.92 Å². The summed E-state index contributed by atoms with van der Waals surface area (Å²) in [5, 5.41) is 12.3. The van der Waals surface area contributed by atoms with E-state index in [4.69, 9.17) is 9.52 Å². The first-order valence-electron chi connectivity index (χ1n) is 6.69. The van der Waals surface area contributed by atoms with Crippen LogP contribution in [0.15, 0.2) is 16.7 Å². The minimum atomic E-state index is -0.937. The number of carboxylic acids is 1. The van der Waals surface area contributed by atoms with Gasteiger partial charge in [0.1, 0.15) is 12.0 Å². The molecule has 2 atom stereocenters. The van der Waals surface area contributed by atoms with Gasteiger partial charge < -0.3 is 14.8 Å². The van der Waals surface area contributed by atoms with Crippen molar-refractivity contribution in [1.29, 1.82) is 0 Å². The molecule has 2 unspecified atom stereocenters. The van der Waals surface area contributed by atoms with Crippen LogP contribution in [0.4, 0.5) is 0 Å². The number of furan rings is 1. The van der Waals surface area contributed by atoms with Gasteiger partial charge in [0.2, 0.25) is 0 Å². The molecule has 1 aromatic heterocycles. The normalized spacial score (nSPS) is 24.7. The lowest BCUT2D eigenvalue weighted by atomic mass is 10.0. The minimum Gasteiger partial charge on any atom is -0.478 e. The molecule has 1 aliphatic rings. The van der Waals surface area contributed by atoms with E-state index in [2.05, 4.69) is 12.2 Å². The van der Waals surface area contributed by atoms with Gasteiger partial charge in [-0.05, 0) is 31.2 Å². The van der Waals surface area contributed by atoms with Crippen molar-refractivity contribution < 1.29 is 14.3 Å². The van der Waals surface area contributed by atoms with Crippen LogP contribution >= 0.6 is 0 Å². The van der Waals surface area contributed by atoms with Gasteiger partial charge in [-0.1, -0.05) is 19.8 Å². The molecule has 0 aliphatic heterocycles. The average Bonchev–Trinajstić information content (AvgIpc) is 2.72. The Labute approximate surface area is 107 Å². The van der Waals surface area contributed by atoms with Crippen LogP contribution in [-0.2, 0) is 6.54 Å². The molecule has 18 heavy (non-hydrogen) atoms. The van der Waals surface area contributed by atoms with E-state index in [1.807, 2.05) is 0 Å². The Hall–Kier alpha value is -1.29. The monoisotopic (exact) mass is 251 g/mol. The van der Waals surface area contributed by atoms with Gasteiger partial charge in [-0.2, -0.15) is 0 Å². The summed E-state index contributed by atoms with van der Waals surface area (Å²) in [4.78, 5) is 10.7. The minimum absolute atomic E-state index is 0.223. The predicted molar refractivity (Wildman–Crippen MR) is 68.5 cm³/mol. The van der Waals surface area contributed by atoms with Crippen LogP contribution in [0.1, 0.15) is 55.1 Å². The molecule has 4 heteroatoms. The van der Waals surface area contributed by atoms with E-state index in [0.29, 0.717) is 18.3 Å². The maximum atomic E-state index is 10.7. The fraction of sp³-hybridized carbons (Fsp3) is 0.643. The maximum Gasteiger partial charge on any atom is 0.338 e. The highest BCUT2D eigenvalue weighted by molar-refractivity contribution is 5.87. The highest BCUT2D eigenvalue weighted by Gasteiger charge is 2.16. The molecule has 2 rings (SSSR count). The van der Waals surface area contributed by atoms with Gasteiger partial charge in [0, 0.05) is 6.04 Å². The second-order valence-electron chi connectivity index (χ2n) is 5.30. The Balaban J connectivity index is 1.81. The van der Waals surface area contributed by atoms with E-state index in [1.165, 1.54) is 38.4 Å². The lowest BCUT2D eigenvalue weighted by Gasteiger charge is -2.15. The zero-order valence-corrected chi connectivity index (χ0v) is 10.8. The highest BCUT2D eigenvalue weighted by Crippen LogP contribution is 2.22. The van der Waals surface area contributed by atoms with E-state index < -0.39 is 5.97 Å². The van der Waals surface area contributed by atoms with Gasteiger partial charge >= 0.3 is 5.97 Å². The van der Waals surface area contributed by atoms with Gasteiger partial charge in [0.15, 0.2) is 0 Å². The van der Waals surface area contributed by atoms with Crippen molar-refractivity contribution in [2.45, 2.75) is 51.6 Å². The van der Waals surface area contributed by atoms with Crippen molar-refractivity contribution >= 4 is 5.97 Å². The number of nitrogens with one attached hydrogen (secondary N) is 1. The third-order valence-corrected chi connectivity index (χ3v) is 3.72.